The highest BCUT2D eigenvalue weighted by molar-refractivity contribution is 6.09. The Morgan fingerprint density at radius 1 is 1.19 bits per heavy atom. The normalized spacial score (nSPS) is 10.4. The van der Waals surface area contributed by atoms with Gasteiger partial charge in [-0.15, -0.1) is 0 Å². The molecule has 0 saturated carbocycles. The molecule has 1 aromatic carbocycles. The summed E-state index contributed by atoms with van der Waals surface area (Å²) in [4.78, 5) is 12.1. The van der Waals surface area contributed by atoms with Crippen molar-refractivity contribution in [3.05, 3.63) is 53.0 Å². The Morgan fingerprint density at radius 3 is 2.31 bits per heavy atom. The molecular weight excluding hydrogens is 202 g/mol. The number of nitrogen functional groups attached to an aromatic ring is 1. The van der Waals surface area contributed by atoms with Crippen molar-refractivity contribution >= 4 is 11.5 Å². The molecule has 2 rings (SSSR count). The van der Waals surface area contributed by atoms with E-state index in [9.17, 15) is 4.79 Å². The van der Waals surface area contributed by atoms with Gasteiger partial charge >= 0.3 is 0 Å². The lowest BCUT2D eigenvalue weighted by molar-refractivity contribution is 0.103. The molecule has 0 atom stereocenters. The number of carbonyl (C=O) groups is 1. The molecule has 3 heteroatoms. The van der Waals surface area contributed by atoms with Gasteiger partial charge in [-0.05, 0) is 44.2 Å². The zero-order valence-corrected chi connectivity index (χ0v) is 9.28. The van der Waals surface area contributed by atoms with Gasteiger partial charge < -0.3 is 10.2 Å². The maximum atomic E-state index is 12.1. The molecule has 3 nitrogen and oxygen atoms in total. The number of hydrogen-bond donors (Lipinski definition) is 1. The highest BCUT2D eigenvalue weighted by atomic mass is 16.3. The minimum absolute atomic E-state index is 0.0330. The summed E-state index contributed by atoms with van der Waals surface area (Å²) in [5, 5.41) is 0. The number of benzene rings is 1. The molecular formula is C13H13NO2. The Bertz CT molecular complexity index is 523. The fourth-order valence-corrected chi connectivity index (χ4v) is 1.65. The minimum atomic E-state index is -0.0330. The summed E-state index contributed by atoms with van der Waals surface area (Å²) in [7, 11) is 0. The number of nitrogens with two attached hydrogens (primary N) is 1. The highest BCUT2D eigenvalue weighted by Crippen LogP contribution is 2.18. The summed E-state index contributed by atoms with van der Waals surface area (Å²) in [5.41, 5.74) is 7.46. The van der Waals surface area contributed by atoms with Crippen molar-refractivity contribution in [2.24, 2.45) is 0 Å². The number of hydrogen-bond acceptors (Lipinski definition) is 3. The van der Waals surface area contributed by atoms with Crippen LogP contribution in [0.2, 0.25) is 0 Å². The van der Waals surface area contributed by atoms with E-state index in [1.54, 1.807) is 37.3 Å². The van der Waals surface area contributed by atoms with Crippen LogP contribution in [-0.4, -0.2) is 5.78 Å². The van der Waals surface area contributed by atoms with E-state index in [0.29, 0.717) is 22.6 Å². The topological polar surface area (TPSA) is 56.2 Å². The van der Waals surface area contributed by atoms with Gasteiger partial charge in [0.1, 0.15) is 11.5 Å². The van der Waals surface area contributed by atoms with Gasteiger partial charge in [-0.1, -0.05) is 0 Å². The Kier molecular flexibility index (Phi) is 2.52. The van der Waals surface area contributed by atoms with Crippen molar-refractivity contribution in [3.8, 4) is 0 Å². The molecule has 2 aromatic rings. The van der Waals surface area contributed by atoms with Crippen LogP contribution in [0, 0.1) is 13.8 Å². The summed E-state index contributed by atoms with van der Waals surface area (Å²) in [6.07, 6.45) is 0. The maximum absolute atomic E-state index is 12.1. The number of furan rings is 1. The molecule has 82 valence electrons. The molecule has 0 saturated heterocycles. The average molecular weight is 215 g/mol. The van der Waals surface area contributed by atoms with E-state index < -0.39 is 0 Å². The van der Waals surface area contributed by atoms with Gasteiger partial charge in [-0.25, -0.2) is 0 Å². The largest absolute Gasteiger partial charge is 0.466 e. The minimum Gasteiger partial charge on any atom is -0.466 e. The average Bonchev–Trinajstić information content (AvgIpc) is 2.58. The zero-order chi connectivity index (χ0) is 11.7. The number of anilines is 1. The van der Waals surface area contributed by atoms with E-state index in [4.69, 9.17) is 10.2 Å². The molecule has 16 heavy (non-hydrogen) atoms. The summed E-state index contributed by atoms with van der Waals surface area (Å²) >= 11 is 0. The van der Waals surface area contributed by atoms with Crippen LogP contribution < -0.4 is 5.73 Å². The van der Waals surface area contributed by atoms with E-state index >= 15 is 0 Å². The summed E-state index contributed by atoms with van der Waals surface area (Å²) in [6, 6.07) is 8.64. The van der Waals surface area contributed by atoms with Crippen LogP contribution in [0.5, 0.6) is 0 Å². The number of ketones is 1. The maximum Gasteiger partial charge on any atom is 0.196 e. The van der Waals surface area contributed by atoms with Gasteiger partial charge in [0.15, 0.2) is 5.78 Å². The van der Waals surface area contributed by atoms with Gasteiger partial charge in [0.05, 0.1) is 5.56 Å². The zero-order valence-electron chi connectivity index (χ0n) is 9.28. The first-order valence-corrected chi connectivity index (χ1v) is 5.05. The SMILES string of the molecule is Cc1cc(C(=O)c2ccc(N)cc2)c(C)o1. The quantitative estimate of drug-likeness (QED) is 0.619. The predicted molar refractivity (Wildman–Crippen MR) is 62.5 cm³/mol. The highest BCUT2D eigenvalue weighted by Gasteiger charge is 2.14. The molecule has 0 amide bonds. The van der Waals surface area contributed by atoms with Crippen LogP contribution in [0.25, 0.3) is 0 Å². The van der Waals surface area contributed by atoms with E-state index in [-0.39, 0.29) is 5.78 Å². The van der Waals surface area contributed by atoms with Crippen LogP contribution >= 0.6 is 0 Å². The monoisotopic (exact) mass is 215 g/mol. The fraction of sp³-hybridized carbons (Fsp3) is 0.154. The first-order chi connectivity index (χ1) is 7.58. The lowest BCUT2D eigenvalue weighted by Crippen LogP contribution is -2.01. The number of aryl methyl sites for hydroxylation is 2. The Balaban J connectivity index is 2.39. The second-order valence-corrected chi connectivity index (χ2v) is 3.78. The molecule has 0 unspecified atom stereocenters. The van der Waals surface area contributed by atoms with Crippen molar-refractivity contribution in [1.29, 1.82) is 0 Å². The van der Waals surface area contributed by atoms with Gasteiger partial charge in [0.2, 0.25) is 0 Å². The third-order valence-electron chi connectivity index (χ3n) is 2.46. The first kappa shape index (κ1) is 10.5. The van der Waals surface area contributed by atoms with E-state index in [1.807, 2.05) is 6.92 Å². The van der Waals surface area contributed by atoms with E-state index in [1.165, 1.54) is 0 Å². The second-order valence-electron chi connectivity index (χ2n) is 3.78. The van der Waals surface area contributed by atoms with Crippen LogP contribution in [0.4, 0.5) is 5.69 Å². The lowest BCUT2D eigenvalue weighted by Gasteiger charge is -1.99. The summed E-state index contributed by atoms with van der Waals surface area (Å²) in [5.74, 6) is 1.37. The molecule has 0 fully saturated rings. The van der Waals surface area contributed by atoms with Crippen molar-refractivity contribution < 1.29 is 9.21 Å². The van der Waals surface area contributed by atoms with Gasteiger partial charge in [0, 0.05) is 11.3 Å². The van der Waals surface area contributed by atoms with Crippen molar-refractivity contribution in [2.45, 2.75) is 13.8 Å². The third-order valence-corrected chi connectivity index (χ3v) is 2.46. The third kappa shape index (κ3) is 1.84. The molecule has 0 aliphatic rings. The van der Waals surface area contributed by atoms with Crippen LogP contribution in [-0.2, 0) is 0 Å². The predicted octanol–water partition coefficient (Wildman–Crippen LogP) is 2.71. The molecule has 0 aliphatic heterocycles. The Morgan fingerprint density at radius 2 is 1.81 bits per heavy atom. The van der Waals surface area contributed by atoms with Crippen molar-refractivity contribution in [2.75, 3.05) is 5.73 Å². The lowest BCUT2D eigenvalue weighted by atomic mass is 10.0. The molecule has 0 spiro atoms. The van der Waals surface area contributed by atoms with Crippen molar-refractivity contribution in [3.63, 3.8) is 0 Å². The van der Waals surface area contributed by atoms with Gasteiger partial charge in [-0.3, -0.25) is 4.79 Å². The van der Waals surface area contributed by atoms with E-state index in [0.717, 1.165) is 5.76 Å². The van der Waals surface area contributed by atoms with Crippen LogP contribution in [0.3, 0.4) is 0 Å². The van der Waals surface area contributed by atoms with Crippen molar-refractivity contribution in [1.82, 2.24) is 0 Å². The van der Waals surface area contributed by atoms with Crippen LogP contribution in [0.1, 0.15) is 27.4 Å². The van der Waals surface area contributed by atoms with Crippen LogP contribution in [0.15, 0.2) is 34.7 Å². The molecule has 1 heterocycles. The van der Waals surface area contributed by atoms with Gasteiger partial charge in [0.25, 0.3) is 0 Å². The molecule has 1 aromatic heterocycles. The fourth-order valence-electron chi connectivity index (χ4n) is 1.65. The first-order valence-electron chi connectivity index (χ1n) is 5.05. The Hall–Kier alpha value is -2.03. The smallest absolute Gasteiger partial charge is 0.196 e. The summed E-state index contributed by atoms with van der Waals surface area (Å²) in [6.45, 7) is 3.62. The molecule has 2 N–H and O–H groups in total. The molecule has 0 bridgehead atoms. The number of carbonyl (C=O) groups excluding carboxylic acids is 1. The molecule has 0 radical (unpaired) electrons. The standard InChI is InChI=1S/C13H13NO2/c1-8-7-12(9(2)16-8)13(15)10-3-5-11(14)6-4-10/h3-7H,14H2,1-2H3. The summed E-state index contributed by atoms with van der Waals surface area (Å²) < 4.78 is 5.34. The number of rotatable bonds is 2. The van der Waals surface area contributed by atoms with Gasteiger partial charge in [-0.2, -0.15) is 0 Å². The second kappa shape index (κ2) is 3.85. The Labute approximate surface area is 93.9 Å². The molecule has 0 aliphatic carbocycles. The van der Waals surface area contributed by atoms with E-state index in [2.05, 4.69) is 0 Å².